The molecule has 3 rings (SSSR count). The van der Waals surface area contributed by atoms with Crippen LogP contribution >= 0.6 is 0 Å². The Morgan fingerprint density at radius 3 is 2.14 bits per heavy atom. The molecule has 0 heterocycles. The molecule has 0 aliphatic heterocycles. The lowest BCUT2D eigenvalue weighted by molar-refractivity contribution is 0.0955. The topological polar surface area (TPSA) is 58.2 Å². The van der Waals surface area contributed by atoms with Crippen molar-refractivity contribution >= 4 is 17.5 Å². The Bertz CT molecular complexity index is 971. The smallest absolute Gasteiger partial charge is 0.255 e. The first-order valence-corrected chi connectivity index (χ1v) is 8.71. The van der Waals surface area contributed by atoms with Crippen LogP contribution in [0.2, 0.25) is 0 Å². The number of halogens is 2. The molecular formula is C22H18F2N2O2. The maximum atomic E-state index is 13.3. The van der Waals surface area contributed by atoms with Crippen LogP contribution in [0.1, 0.15) is 26.3 Å². The van der Waals surface area contributed by atoms with E-state index in [-0.39, 0.29) is 22.7 Å². The maximum absolute atomic E-state index is 13.3. The summed E-state index contributed by atoms with van der Waals surface area (Å²) in [5, 5.41) is 5.35. The number of hydrogen-bond donors (Lipinski definition) is 2. The summed E-state index contributed by atoms with van der Waals surface area (Å²) in [6.45, 7) is 0.431. The normalized spacial score (nSPS) is 10.4. The number of rotatable bonds is 6. The Morgan fingerprint density at radius 2 is 1.43 bits per heavy atom. The highest BCUT2D eigenvalue weighted by atomic mass is 19.1. The number of carbonyl (C=O) groups excluding carboxylic acids is 2. The van der Waals surface area contributed by atoms with Gasteiger partial charge in [0.15, 0.2) is 0 Å². The fourth-order valence-corrected chi connectivity index (χ4v) is 2.73. The first-order valence-electron chi connectivity index (χ1n) is 8.71. The first kappa shape index (κ1) is 19.2. The Labute approximate surface area is 161 Å². The van der Waals surface area contributed by atoms with Gasteiger partial charge in [0, 0.05) is 18.2 Å². The van der Waals surface area contributed by atoms with Crippen molar-refractivity contribution in [2.24, 2.45) is 0 Å². The van der Waals surface area contributed by atoms with E-state index in [2.05, 4.69) is 10.6 Å². The van der Waals surface area contributed by atoms with Crippen LogP contribution in [0.3, 0.4) is 0 Å². The van der Waals surface area contributed by atoms with Gasteiger partial charge in [-0.1, -0.05) is 42.5 Å². The van der Waals surface area contributed by atoms with Crippen molar-refractivity contribution in [3.05, 3.63) is 101 Å². The molecule has 0 aliphatic rings. The number of benzene rings is 3. The molecule has 3 aromatic carbocycles. The van der Waals surface area contributed by atoms with Crippen LogP contribution in [-0.4, -0.2) is 18.4 Å². The summed E-state index contributed by atoms with van der Waals surface area (Å²) in [4.78, 5) is 24.8. The summed E-state index contributed by atoms with van der Waals surface area (Å²) in [6, 6.07) is 18.7. The Morgan fingerprint density at radius 1 is 0.786 bits per heavy atom. The number of para-hydroxylation sites is 1. The predicted octanol–water partition coefficient (Wildman–Crippen LogP) is 4.19. The monoisotopic (exact) mass is 380 g/mol. The largest absolute Gasteiger partial charge is 0.352 e. The van der Waals surface area contributed by atoms with Crippen molar-refractivity contribution in [3.63, 3.8) is 0 Å². The fraction of sp³-hybridized carbons (Fsp3) is 0.0909. The second-order valence-corrected chi connectivity index (χ2v) is 6.15. The van der Waals surface area contributed by atoms with E-state index >= 15 is 0 Å². The number of hydrogen-bond acceptors (Lipinski definition) is 2. The van der Waals surface area contributed by atoms with Crippen LogP contribution in [0.4, 0.5) is 14.5 Å². The summed E-state index contributed by atoms with van der Waals surface area (Å²) < 4.78 is 26.7. The van der Waals surface area contributed by atoms with Gasteiger partial charge in [0.25, 0.3) is 11.8 Å². The van der Waals surface area contributed by atoms with E-state index in [9.17, 15) is 18.4 Å². The Hall–Kier alpha value is -3.54. The molecule has 0 aromatic heterocycles. The summed E-state index contributed by atoms with van der Waals surface area (Å²) in [6.07, 6.45) is 0.670. The molecule has 0 radical (unpaired) electrons. The van der Waals surface area contributed by atoms with Crippen molar-refractivity contribution in [2.45, 2.75) is 6.42 Å². The van der Waals surface area contributed by atoms with Crippen LogP contribution in [-0.2, 0) is 6.42 Å². The minimum atomic E-state index is -0.850. The molecule has 0 unspecified atom stereocenters. The lowest BCUT2D eigenvalue weighted by Gasteiger charge is -2.12. The molecule has 6 heteroatoms. The zero-order valence-electron chi connectivity index (χ0n) is 14.9. The van der Waals surface area contributed by atoms with E-state index in [4.69, 9.17) is 0 Å². The third-order valence-corrected chi connectivity index (χ3v) is 4.09. The molecule has 0 bridgehead atoms. The molecule has 4 nitrogen and oxygen atoms in total. The van der Waals surface area contributed by atoms with Crippen LogP contribution in [0, 0.1) is 11.6 Å². The maximum Gasteiger partial charge on any atom is 0.255 e. The Balaban J connectivity index is 1.68. The van der Waals surface area contributed by atoms with Crippen LogP contribution < -0.4 is 10.6 Å². The summed E-state index contributed by atoms with van der Waals surface area (Å²) in [5.41, 5.74) is 1.45. The summed E-state index contributed by atoms with van der Waals surface area (Å²) >= 11 is 0. The van der Waals surface area contributed by atoms with Crippen molar-refractivity contribution in [3.8, 4) is 0 Å². The third kappa shape index (κ3) is 5.01. The first-order chi connectivity index (χ1) is 13.5. The van der Waals surface area contributed by atoms with Gasteiger partial charge >= 0.3 is 0 Å². The molecule has 0 atom stereocenters. The van der Waals surface area contributed by atoms with Crippen molar-refractivity contribution in [1.29, 1.82) is 0 Å². The average molecular weight is 380 g/mol. The van der Waals surface area contributed by atoms with E-state index in [1.165, 1.54) is 0 Å². The van der Waals surface area contributed by atoms with E-state index in [0.717, 1.165) is 17.7 Å². The molecule has 0 saturated carbocycles. The lowest BCUT2D eigenvalue weighted by atomic mass is 10.1. The zero-order chi connectivity index (χ0) is 19.9. The molecule has 28 heavy (non-hydrogen) atoms. The van der Waals surface area contributed by atoms with Crippen molar-refractivity contribution in [1.82, 2.24) is 5.32 Å². The molecular weight excluding hydrogens is 362 g/mol. The van der Waals surface area contributed by atoms with Crippen molar-refractivity contribution < 1.29 is 18.4 Å². The highest BCUT2D eigenvalue weighted by Gasteiger charge is 2.15. The van der Waals surface area contributed by atoms with Gasteiger partial charge in [0.1, 0.15) is 11.6 Å². The standard InChI is InChI=1S/C22H18F2N2O2/c23-17-12-16(13-18(24)14-17)21(27)26-20-9-5-4-8-19(20)22(28)25-11-10-15-6-2-1-3-7-15/h1-9,12-14H,10-11H2,(H,25,28)(H,26,27). The quantitative estimate of drug-likeness (QED) is 0.674. The van der Waals surface area contributed by atoms with Crippen LogP contribution in [0.15, 0.2) is 72.8 Å². The van der Waals surface area contributed by atoms with Gasteiger partial charge in [-0.3, -0.25) is 9.59 Å². The predicted molar refractivity (Wildman–Crippen MR) is 103 cm³/mol. The van der Waals surface area contributed by atoms with Gasteiger partial charge in [0.2, 0.25) is 0 Å². The van der Waals surface area contributed by atoms with E-state index in [1.54, 1.807) is 24.3 Å². The highest BCUT2D eigenvalue weighted by Crippen LogP contribution is 2.17. The molecule has 0 saturated heterocycles. The van der Waals surface area contributed by atoms with Gasteiger partial charge in [-0.05, 0) is 36.2 Å². The van der Waals surface area contributed by atoms with Gasteiger partial charge in [0.05, 0.1) is 11.3 Å². The molecule has 2 N–H and O–H groups in total. The average Bonchev–Trinajstić information content (AvgIpc) is 2.68. The van der Waals surface area contributed by atoms with E-state index in [1.807, 2.05) is 30.3 Å². The van der Waals surface area contributed by atoms with Crippen molar-refractivity contribution in [2.75, 3.05) is 11.9 Å². The zero-order valence-corrected chi connectivity index (χ0v) is 14.9. The SMILES string of the molecule is O=C(Nc1ccccc1C(=O)NCCc1ccccc1)c1cc(F)cc(F)c1. The number of nitrogens with one attached hydrogen (secondary N) is 2. The van der Waals surface area contributed by atoms with Gasteiger partial charge in [-0.15, -0.1) is 0 Å². The molecule has 0 spiro atoms. The molecule has 0 fully saturated rings. The lowest BCUT2D eigenvalue weighted by Crippen LogP contribution is -2.27. The number of amides is 2. The van der Waals surface area contributed by atoms with E-state index in [0.29, 0.717) is 19.0 Å². The summed E-state index contributed by atoms with van der Waals surface area (Å²) in [7, 11) is 0. The highest BCUT2D eigenvalue weighted by molar-refractivity contribution is 6.09. The summed E-state index contributed by atoms with van der Waals surface area (Å²) in [5.74, 6) is -2.76. The third-order valence-electron chi connectivity index (χ3n) is 4.09. The second-order valence-electron chi connectivity index (χ2n) is 6.15. The second kappa shape index (κ2) is 8.90. The molecule has 3 aromatic rings. The van der Waals surface area contributed by atoms with Crippen LogP contribution in [0.25, 0.3) is 0 Å². The van der Waals surface area contributed by atoms with Gasteiger partial charge < -0.3 is 10.6 Å². The minimum absolute atomic E-state index is 0.170. The molecule has 142 valence electrons. The number of anilines is 1. The Kier molecular flexibility index (Phi) is 6.11. The van der Waals surface area contributed by atoms with Gasteiger partial charge in [-0.25, -0.2) is 8.78 Å². The molecule has 2 amide bonds. The fourth-order valence-electron chi connectivity index (χ4n) is 2.73. The minimum Gasteiger partial charge on any atom is -0.352 e. The molecule has 0 aliphatic carbocycles. The van der Waals surface area contributed by atoms with Crippen LogP contribution in [0.5, 0.6) is 0 Å². The number of carbonyl (C=O) groups is 2. The van der Waals surface area contributed by atoms with E-state index < -0.39 is 17.5 Å². The van der Waals surface area contributed by atoms with Gasteiger partial charge in [-0.2, -0.15) is 0 Å².